The van der Waals surface area contributed by atoms with E-state index in [0.29, 0.717) is 24.5 Å². The molecule has 0 N–H and O–H groups in total. The lowest BCUT2D eigenvalue weighted by molar-refractivity contribution is -0.138. The number of carbonyl (C=O) groups is 3. The molecule has 1 unspecified atom stereocenters. The van der Waals surface area contributed by atoms with Crippen LogP contribution in [0.15, 0.2) is 42.5 Å². The number of hydrogen-bond acceptors (Lipinski definition) is 5. The average molecular weight is 423 g/mol. The first-order valence-electron chi connectivity index (χ1n) is 10.1. The number of imide groups is 1. The van der Waals surface area contributed by atoms with E-state index >= 15 is 0 Å². The van der Waals surface area contributed by atoms with Gasteiger partial charge in [-0.15, -0.1) is 0 Å². The predicted octanol–water partition coefficient (Wildman–Crippen LogP) is 2.07. The van der Waals surface area contributed by atoms with Crippen LogP contribution < -0.4 is 9.47 Å². The lowest BCUT2D eigenvalue weighted by Crippen LogP contribution is -2.47. The van der Waals surface area contributed by atoms with E-state index in [4.69, 9.17) is 9.47 Å². The van der Waals surface area contributed by atoms with Crippen molar-refractivity contribution in [2.45, 2.75) is 12.5 Å². The Bertz CT molecular complexity index is 1020. The molecule has 2 heterocycles. The summed E-state index contributed by atoms with van der Waals surface area (Å²) in [5, 5.41) is 0. The highest BCUT2D eigenvalue weighted by molar-refractivity contribution is 6.04. The molecule has 0 spiro atoms. The number of likely N-dealkylation sites (N-methyl/N-ethyl adjacent to an activating group) is 1. The Morgan fingerprint density at radius 2 is 1.74 bits per heavy atom. The predicted molar refractivity (Wildman–Crippen MR) is 113 cm³/mol. The van der Waals surface area contributed by atoms with E-state index in [-0.39, 0.29) is 30.9 Å². The molecular weight excluding hydrogens is 398 g/mol. The molecule has 31 heavy (non-hydrogen) atoms. The number of benzene rings is 2. The van der Waals surface area contributed by atoms with Gasteiger partial charge in [0, 0.05) is 13.6 Å². The molecule has 4 amide bonds. The molecule has 1 atom stereocenters. The molecule has 1 fully saturated rings. The Balaban J connectivity index is 1.72. The van der Waals surface area contributed by atoms with Gasteiger partial charge in [-0.1, -0.05) is 30.3 Å². The number of methoxy groups -OCH3 is 2. The quantitative estimate of drug-likeness (QED) is 0.688. The number of ether oxygens (including phenoxy) is 2. The van der Waals surface area contributed by atoms with Gasteiger partial charge >= 0.3 is 6.03 Å². The number of rotatable bonds is 5. The number of carbonyl (C=O) groups excluding carboxylic acids is 3. The largest absolute Gasteiger partial charge is 0.493 e. The minimum absolute atomic E-state index is 0.00590. The molecule has 0 bridgehead atoms. The molecule has 0 aromatic heterocycles. The molecule has 8 nitrogen and oxygen atoms in total. The fraction of sp³-hybridized carbons (Fsp3) is 0.348. The first-order valence-corrected chi connectivity index (χ1v) is 10.1. The van der Waals surface area contributed by atoms with Gasteiger partial charge in [-0.05, 0) is 35.2 Å². The molecule has 0 aliphatic carbocycles. The van der Waals surface area contributed by atoms with Crippen LogP contribution in [0.25, 0.3) is 0 Å². The van der Waals surface area contributed by atoms with Gasteiger partial charge < -0.3 is 19.3 Å². The molecule has 2 aliphatic rings. The number of nitrogens with zero attached hydrogens (tertiary/aromatic N) is 3. The Kier molecular flexibility index (Phi) is 5.54. The van der Waals surface area contributed by atoms with Gasteiger partial charge in [0.15, 0.2) is 11.5 Å². The van der Waals surface area contributed by atoms with E-state index in [1.165, 1.54) is 4.90 Å². The van der Waals surface area contributed by atoms with Gasteiger partial charge in [0.25, 0.3) is 5.91 Å². The zero-order valence-corrected chi connectivity index (χ0v) is 17.8. The zero-order chi connectivity index (χ0) is 22.1. The molecule has 2 aromatic rings. The lowest BCUT2D eigenvalue weighted by Gasteiger charge is -2.38. The van der Waals surface area contributed by atoms with Crippen LogP contribution in [-0.4, -0.2) is 73.4 Å². The van der Waals surface area contributed by atoms with E-state index in [2.05, 4.69) is 0 Å². The number of hydrogen-bond donors (Lipinski definition) is 0. The molecule has 0 radical (unpaired) electrons. The van der Waals surface area contributed by atoms with Crippen LogP contribution in [0, 0.1) is 0 Å². The van der Waals surface area contributed by atoms with E-state index in [1.54, 1.807) is 26.2 Å². The summed E-state index contributed by atoms with van der Waals surface area (Å²) in [7, 11) is 4.72. The summed E-state index contributed by atoms with van der Waals surface area (Å²) in [4.78, 5) is 41.8. The first kappa shape index (κ1) is 20.7. The molecule has 2 aliphatic heterocycles. The standard InChI is InChI=1S/C23H25N3O5/c1-24-13-20(27)26(23(24)29)14-21(28)25-10-9-16-11-18(30-2)19(31-3)12-17(16)22(25)15-7-5-4-6-8-15/h4-8,11-12,22H,9-10,13-14H2,1-3H3. The second-order valence-electron chi connectivity index (χ2n) is 7.67. The van der Waals surface area contributed by atoms with Crippen molar-refractivity contribution in [2.24, 2.45) is 0 Å². The summed E-state index contributed by atoms with van der Waals surface area (Å²) in [6, 6.07) is 12.8. The van der Waals surface area contributed by atoms with Gasteiger partial charge in [-0.25, -0.2) is 4.79 Å². The van der Waals surface area contributed by atoms with Crippen molar-refractivity contribution in [2.75, 3.05) is 40.9 Å². The maximum absolute atomic E-state index is 13.3. The third kappa shape index (κ3) is 3.69. The number of fused-ring (bicyclic) bond motifs is 1. The normalized spacial score (nSPS) is 18.3. The van der Waals surface area contributed by atoms with E-state index in [1.807, 2.05) is 42.5 Å². The topological polar surface area (TPSA) is 79.4 Å². The van der Waals surface area contributed by atoms with Gasteiger partial charge in [-0.2, -0.15) is 0 Å². The molecule has 4 rings (SSSR count). The third-order valence-electron chi connectivity index (χ3n) is 5.83. The molecule has 162 valence electrons. The SMILES string of the molecule is COc1cc2c(cc1OC)C(c1ccccc1)N(C(=O)CN1C(=O)CN(C)C1=O)CC2. The van der Waals surface area contributed by atoms with Crippen LogP contribution in [0.4, 0.5) is 4.79 Å². The van der Waals surface area contributed by atoms with Crippen LogP contribution >= 0.6 is 0 Å². The smallest absolute Gasteiger partial charge is 0.327 e. The fourth-order valence-electron chi connectivity index (χ4n) is 4.26. The minimum Gasteiger partial charge on any atom is -0.493 e. The zero-order valence-electron chi connectivity index (χ0n) is 17.8. The molecule has 8 heteroatoms. The van der Waals surface area contributed by atoms with E-state index < -0.39 is 6.03 Å². The number of amides is 4. The van der Waals surface area contributed by atoms with Crippen molar-refractivity contribution in [1.29, 1.82) is 0 Å². The van der Waals surface area contributed by atoms with Crippen molar-refractivity contribution in [3.8, 4) is 11.5 Å². The van der Waals surface area contributed by atoms with Crippen molar-refractivity contribution in [1.82, 2.24) is 14.7 Å². The Morgan fingerprint density at radius 1 is 1.06 bits per heavy atom. The maximum atomic E-state index is 13.3. The average Bonchev–Trinajstić information content (AvgIpc) is 3.03. The van der Waals surface area contributed by atoms with Gasteiger partial charge in [0.2, 0.25) is 5.91 Å². The highest BCUT2D eigenvalue weighted by Crippen LogP contribution is 2.41. The Labute approximate surface area is 180 Å². The monoisotopic (exact) mass is 423 g/mol. The highest BCUT2D eigenvalue weighted by Gasteiger charge is 2.39. The highest BCUT2D eigenvalue weighted by atomic mass is 16.5. The van der Waals surface area contributed by atoms with Crippen LogP contribution in [0.5, 0.6) is 11.5 Å². The lowest BCUT2D eigenvalue weighted by atomic mass is 9.87. The molecule has 2 aromatic carbocycles. The van der Waals surface area contributed by atoms with Crippen molar-refractivity contribution in [3.05, 3.63) is 59.2 Å². The van der Waals surface area contributed by atoms with Crippen molar-refractivity contribution >= 4 is 17.8 Å². The van der Waals surface area contributed by atoms with Gasteiger partial charge in [-0.3, -0.25) is 14.5 Å². The molecule has 0 saturated carbocycles. The molecular formula is C23H25N3O5. The van der Waals surface area contributed by atoms with E-state index in [0.717, 1.165) is 21.6 Å². The summed E-state index contributed by atoms with van der Waals surface area (Å²) in [6.45, 7) is 0.189. The maximum Gasteiger partial charge on any atom is 0.327 e. The van der Waals surface area contributed by atoms with Crippen LogP contribution in [0.2, 0.25) is 0 Å². The van der Waals surface area contributed by atoms with Crippen LogP contribution in [0.1, 0.15) is 22.7 Å². The second-order valence-corrected chi connectivity index (χ2v) is 7.67. The summed E-state index contributed by atoms with van der Waals surface area (Å²) in [5.41, 5.74) is 2.96. The van der Waals surface area contributed by atoms with Gasteiger partial charge in [0.05, 0.1) is 20.3 Å². The summed E-state index contributed by atoms with van der Waals surface area (Å²) in [5.74, 6) is 0.597. The van der Waals surface area contributed by atoms with Crippen LogP contribution in [0.3, 0.4) is 0 Å². The third-order valence-corrected chi connectivity index (χ3v) is 5.83. The summed E-state index contributed by atoms with van der Waals surface area (Å²) >= 11 is 0. The Morgan fingerprint density at radius 3 is 2.35 bits per heavy atom. The van der Waals surface area contributed by atoms with Crippen molar-refractivity contribution < 1.29 is 23.9 Å². The van der Waals surface area contributed by atoms with Crippen LogP contribution in [-0.2, 0) is 16.0 Å². The second kappa shape index (κ2) is 8.29. The van der Waals surface area contributed by atoms with Gasteiger partial charge in [0.1, 0.15) is 13.1 Å². The minimum atomic E-state index is -0.446. The fourth-order valence-corrected chi connectivity index (χ4v) is 4.26. The van der Waals surface area contributed by atoms with Crippen molar-refractivity contribution in [3.63, 3.8) is 0 Å². The number of urea groups is 1. The first-order chi connectivity index (χ1) is 14.9. The molecule has 1 saturated heterocycles. The summed E-state index contributed by atoms with van der Waals surface area (Å²) < 4.78 is 10.9. The Hall–Kier alpha value is -3.55. The van der Waals surface area contributed by atoms with E-state index in [9.17, 15) is 14.4 Å². The summed E-state index contributed by atoms with van der Waals surface area (Å²) in [6.07, 6.45) is 0.632.